The highest BCUT2D eigenvalue weighted by molar-refractivity contribution is 7.09. The number of nitrogens with zero attached hydrogens (tertiary/aromatic N) is 2. The summed E-state index contributed by atoms with van der Waals surface area (Å²) in [5.41, 5.74) is 5.46. The van der Waals surface area contributed by atoms with Crippen LogP contribution in [-0.4, -0.2) is 41.1 Å². The number of rotatable bonds is 3. The Hall–Kier alpha value is -0.980. The number of morpholine rings is 1. The molecule has 3 rings (SSSR count). The van der Waals surface area contributed by atoms with Crippen LogP contribution >= 0.6 is 11.3 Å². The Morgan fingerprint density at radius 1 is 1.58 bits per heavy atom. The maximum Gasteiger partial charge on any atom is 0.220 e. The van der Waals surface area contributed by atoms with Crippen molar-refractivity contribution in [3.05, 3.63) is 16.6 Å². The van der Waals surface area contributed by atoms with Crippen LogP contribution in [0.2, 0.25) is 0 Å². The molecule has 2 fully saturated rings. The summed E-state index contributed by atoms with van der Waals surface area (Å²) in [4.78, 5) is 18.2. The van der Waals surface area contributed by atoms with Gasteiger partial charge in [0.25, 0.3) is 0 Å². The topological polar surface area (TPSA) is 68.5 Å². The second-order valence-corrected chi connectivity index (χ2v) is 6.26. The first kappa shape index (κ1) is 13.0. The highest BCUT2D eigenvalue weighted by Gasteiger charge is 2.39. The molecule has 0 bridgehead atoms. The summed E-state index contributed by atoms with van der Waals surface area (Å²) >= 11 is 1.68. The second-order valence-electron chi connectivity index (χ2n) is 5.29. The Morgan fingerprint density at radius 2 is 2.47 bits per heavy atom. The summed E-state index contributed by atoms with van der Waals surface area (Å²) in [5.74, 6) is -0.167. The molecule has 1 aromatic heterocycles. The number of aromatic nitrogens is 1. The van der Waals surface area contributed by atoms with Crippen LogP contribution in [0, 0.1) is 5.92 Å². The fourth-order valence-corrected chi connectivity index (χ4v) is 3.79. The lowest BCUT2D eigenvalue weighted by Crippen LogP contribution is -2.54. The maximum atomic E-state index is 11.4. The van der Waals surface area contributed by atoms with Gasteiger partial charge in [-0.05, 0) is 19.3 Å². The van der Waals surface area contributed by atoms with Gasteiger partial charge in [-0.15, -0.1) is 11.3 Å². The van der Waals surface area contributed by atoms with Crippen LogP contribution in [-0.2, 0) is 16.1 Å². The van der Waals surface area contributed by atoms with Crippen molar-refractivity contribution in [1.82, 2.24) is 9.88 Å². The third-order valence-corrected chi connectivity index (χ3v) is 4.92. The Bertz CT molecular complexity index is 437. The summed E-state index contributed by atoms with van der Waals surface area (Å²) in [6, 6.07) is 0.309. The van der Waals surface area contributed by atoms with Gasteiger partial charge in [0.1, 0.15) is 5.01 Å². The normalized spacial score (nSPS) is 31.9. The van der Waals surface area contributed by atoms with Crippen LogP contribution in [0.4, 0.5) is 0 Å². The van der Waals surface area contributed by atoms with Gasteiger partial charge in [0, 0.05) is 30.1 Å². The molecular formula is C13H19N3O2S. The number of hydrogen-bond acceptors (Lipinski definition) is 5. The van der Waals surface area contributed by atoms with Crippen LogP contribution < -0.4 is 5.73 Å². The molecule has 1 saturated heterocycles. The summed E-state index contributed by atoms with van der Waals surface area (Å²) in [7, 11) is 0. The zero-order valence-electron chi connectivity index (χ0n) is 10.8. The van der Waals surface area contributed by atoms with Crippen molar-refractivity contribution in [2.24, 2.45) is 11.7 Å². The average molecular weight is 281 g/mol. The Morgan fingerprint density at radius 3 is 3.21 bits per heavy atom. The van der Waals surface area contributed by atoms with Gasteiger partial charge >= 0.3 is 0 Å². The summed E-state index contributed by atoms with van der Waals surface area (Å²) in [6.07, 6.45) is 4.72. The summed E-state index contributed by atoms with van der Waals surface area (Å²) in [5, 5.41) is 3.13. The molecular weight excluding hydrogens is 262 g/mol. The molecule has 6 heteroatoms. The molecule has 0 unspecified atom stereocenters. The first-order chi connectivity index (χ1) is 9.24. The van der Waals surface area contributed by atoms with Gasteiger partial charge in [0.15, 0.2) is 0 Å². The van der Waals surface area contributed by atoms with E-state index in [0.29, 0.717) is 6.04 Å². The number of nitrogens with two attached hydrogens (primary N) is 1. The number of amides is 1. The number of thiazole rings is 1. The smallest absolute Gasteiger partial charge is 0.220 e. The van der Waals surface area contributed by atoms with E-state index < -0.39 is 0 Å². The molecule has 1 amide bonds. The third kappa shape index (κ3) is 2.80. The molecule has 5 nitrogen and oxygen atoms in total. The number of primary amides is 1. The lowest BCUT2D eigenvalue weighted by Gasteiger charge is -2.45. The largest absolute Gasteiger partial charge is 0.375 e. The fraction of sp³-hybridized carbons (Fsp3) is 0.692. The van der Waals surface area contributed by atoms with Crippen LogP contribution in [0.1, 0.15) is 24.3 Å². The Balaban J connectivity index is 1.70. The lowest BCUT2D eigenvalue weighted by atomic mass is 9.82. The highest BCUT2D eigenvalue weighted by atomic mass is 32.1. The average Bonchev–Trinajstić information content (AvgIpc) is 2.91. The summed E-state index contributed by atoms with van der Waals surface area (Å²) < 4.78 is 5.85. The molecule has 2 aliphatic rings. The molecule has 104 valence electrons. The van der Waals surface area contributed by atoms with Crippen molar-refractivity contribution < 1.29 is 9.53 Å². The summed E-state index contributed by atoms with van der Waals surface area (Å²) in [6.45, 7) is 2.54. The quantitative estimate of drug-likeness (QED) is 0.897. The zero-order valence-corrected chi connectivity index (χ0v) is 11.6. The van der Waals surface area contributed by atoms with Crippen LogP contribution in [0.25, 0.3) is 0 Å². The Labute approximate surface area is 116 Å². The van der Waals surface area contributed by atoms with Crippen LogP contribution in [0.3, 0.4) is 0 Å². The van der Waals surface area contributed by atoms with E-state index in [1.807, 2.05) is 11.6 Å². The van der Waals surface area contributed by atoms with Crippen molar-refractivity contribution in [2.45, 2.75) is 38.0 Å². The number of ether oxygens (including phenoxy) is 1. The first-order valence-electron chi connectivity index (χ1n) is 6.77. The fourth-order valence-electron chi connectivity index (χ4n) is 3.14. The van der Waals surface area contributed by atoms with Gasteiger partial charge in [-0.3, -0.25) is 9.69 Å². The van der Waals surface area contributed by atoms with E-state index in [1.165, 1.54) is 0 Å². The molecule has 2 heterocycles. The minimum absolute atomic E-state index is 0.00162. The standard InChI is InChI=1S/C13H19N3O2S/c14-13(17)9-1-2-11-10(7-9)16(4-5-18-11)8-12-15-3-6-19-12/h3,6,9-11H,1-2,4-5,7-8H2,(H2,14,17)/t9-,10+,11+/m0/s1. The molecule has 0 radical (unpaired) electrons. The number of carbonyl (C=O) groups excluding carboxylic acids is 1. The van der Waals surface area contributed by atoms with Gasteiger partial charge in [0.05, 0.1) is 19.3 Å². The van der Waals surface area contributed by atoms with Gasteiger partial charge in [0.2, 0.25) is 5.91 Å². The van der Waals surface area contributed by atoms with E-state index in [2.05, 4.69) is 9.88 Å². The van der Waals surface area contributed by atoms with E-state index in [-0.39, 0.29) is 17.9 Å². The lowest BCUT2D eigenvalue weighted by molar-refractivity contribution is -0.131. The SMILES string of the molecule is NC(=O)[C@H]1CC[C@H]2OCCN(Cc3nccs3)[C@@H]2C1. The van der Waals surface area contributed by atoms with Gasteiger partial charge < -0.3 is 10.5 Å². The second kappa shape index (κ2) is 5.56. The Kier molecular flexibility index (Phi) is 3.81. The van der Waals surface area contributed by atoms with Crippen molar-refractivity contribution in [1.29, 1.82) is 0 Å². The van der Waals surface area contributed by atoms with E-state index in [1.54, 1.807) is 11.3 Å². The van der Waals surface area contributed by atoms with Gasteiger partial charge in [-0.25, -0.2) is 4.98 Å². The number of hydrogen-bond donors (Lipinski definition) is 1. The predicted octanol–water partition coefficient (Wildman–Crippen LogP) is 0.998. The third-order valence-electron chi connectivity index (χ3n) is 4.16. The first-order valence-corrected chi connectivity index (χ1v) is 7.65. The molecule has 0 spiro atoms. The van der Waals surface area contributed by atoms with Gasteiger partial charge in [-0.1, -0.05) is 0 Å². The molecule has 1 aromatic rings. The van der Waals surface area contributed by atoms with Crippen LogP contribution in [0.15, 0.2) is 11.6 Å². The predicted molar refractivity (Wildman–Crippen MR) is 72.6 cm³/mol. The van der Waals surface area contributed by atoms with E-state index in [4.69, 9.17) is 10.5 Å². The van der Waals surface area contributed by atoms with Crippen molar-refractivity contribution in [3.8, 4) is 0 Å². The van der Waals surface area contributed by atoms with E-state index >= 15 is 0 Å². The van der Waals surface area contributed by atoms with E-state index in [9.17, 15) is 4.79 Å². The minimum atomic E-state index is -0.168. The molecule has 2 N–H and O–H groups in total. The molecule has 1 saturated carbocycles. The van der Waals surface area contributed by atoms with E-state index in [0.717, 1.165) is 44.0 Å². The maximum absolute atomic E-state index is 11.4. The van der Waals surface area contributed by atoms with Crippen molar-refractivity contribution in [3.63, 3.8) is 0 Å². The monoisotopic (exact) mass is 281 g/mol. The number of carbonyl (C=O) groups is 1. The number of fused-ring (bicyclic) bond motifs is 1. The minimum Gasteiger partial charge on any atom is -0.375 e. The molecule has 1 aliphatic carbocycles. The molecule has 0 aromatic carbocycles. The molecule has 3 atom stereocenters. The molecule has 1 aliphatic heterocycles. The van der Waals surface area contributed by atoms with Crippen LogP contribution in [0.5, 0.6) is 0 Å². The molecule has 19 heavy (non-hydrogen) atoms. The zero-order chi connectivity index (χ0) is 13.2. The van der Waals surface area contributed by atoms with Crippen molar-refractivity contribution >= 4 is 17.2 Å². The highest BCUT2D eigenvalue weighted by Crippen LogP contribution is 2.33. The van der Waals surface area contributed by atoms with Gasteiger partial charge in [-0.2, -0.15) is 0 Å². The van der Waals surface area contributed by atoms with Crippen molar-refractivity contribution in [2.75, 3.05) is 13.2 Å².